The van der Waals surface area contributed by atoms with Crippen molar-refractivity contribution in [1.82, 2.24) is 25.2 Å². The quantitative estimate of drug-likeness (QED) is 0.400. The summed E-state index contributed by atoms with van der Waals surface area (Å²) in [4.78, 5) is 31.0. The van der Waals surface area contributed by atoms with Crippen LogP contribution in [0, 0.1) is 0 Å². The zero-order valence-corrected chi connectivity index (χ0v) is 22.1. The molecule has 10 nitrogen and oxygen atoms in total. The fraction of sp³-hybridized carbons (Fsp3) is 0.357. The molecule has 1 amide bonds. The monoisotopic (exact) mass is 532 g/mol. The van der Waals surface area contributed by atoms with Crippen LogP contribution in [-0.2, 0) is 5.60 Å². The Kier molecular flexibility index (Phi) is 7.71. The van der Waals surface area contributed by atoms with E-state index in [1.54, 1.807) is 25.1 Å². The molecule has 2 bridgehead atoms. The van der Waals surface area contributed by atoms with Gasteiger partial charge >= 0.3 is 0 Å². The first-order valence-corrected chi connectivity index (χ1v) is 13.0. The van der Waals surface area contributed by atoms with Crippen LogP contribution < -0.4 is 20.9 Å². The molecule has 1 aromatic carbocycles. The number of likely N-dealkylation sites (N-methyl/N-ethyl adjacent to an activating group) is 1. The van der Waals surface area contributed by atoms with E-state index in [0.717, 1.165) is 37.6 Å². The molecule has 0 saturated carbocycles. The molecule has 0 radical (unpaired) electrons. The van der Waals surface area contributed by atoms with Crippen LogP contribution in [-0.4, -0.2) is 70.6 Å². The van der Waals surface area contributed by atoms with Gasteiger partial charge in [0.25, 0.3) is 5.91 Å². The Balaban J connectivity index is 1.41. The maximum atomic E-state index is 14.3. The number of nitrogens with zero attached hydrogens (tertiary/aromatic N) is 5. The number of carbonyl (C=O) groups excluding carboxylic acids is 1. The van der Waals surface area contributed by atoms with Crippen molar-refractivity contribution in [2.45, 2.75) is 25.4 Å². The molecule has 3 aromatic rings. The number of aliphatic hydroxyl groups is 1. The minimum atomic E-state index is -1.26. The van der Waals surface area contributed by atoms with Crippen LogP contribution in [0.15, 0.2) is 60.6 Å². The molecule has 2 aromatic heterocycles. The number of aromatic nitrogens is 3. The average Bonchev–Trinajstić information content (AvgIpc) is 2.92. The third kappa shape index (κ3) is 6.50. The Morgan fingerprint density at radius 2 is 1.85 bits per heavy atom. The van der Waals surface area contributed by atoms with Crippen molar-refractivity contribution in [3.05, 3.63) is 71.8 Å². The minimum absolute atomic E-state index is 0.134. The standard InChI is InChI=1S/C28H33FN8O2/c1-28(39)12-4-5-19(29)17-30-26(38)22-18-31-27(35-25(22)34-24-7-3-6-23(28)33-24)32-20-8-10-21(11-9-20)37-15-13-36(2)14-16-37/h3,5-11,18,39H,4,12-17H2,1-2H3,(H,30,38)(H2,31,32,33,34,35)/b19-5+/t28-/m1/s1. The van der Waals surface area contributed by atoms with Crippen molar-refractivity contribution in [3.8, 4) is 0 Å². The molecule has 1 fully saturated rings. The van der Waals surface area contributed by atoms with Crippen LogP contribution in [0.5, 0.6) is 0 Å². The first-order chi connectivity index (χ1) is 18.8. The predicted octanol–water partition coefficient (Wildman–Crippen LogP) is 3.70. The number of carbonyl (C=O) groups is 1. The molecule has 39 heavy (non-hydrogen) atoms. The fourth-order valence-electron chi connectivity index (χ4n) is 4.55. The smallest absolute Gasteiger partial charge is 0.256 e. The molecule has 2 aliphatic rings. The van der Waals surface area contributed by atoms with Gasteiger partial charge in [-0.15, -0.1) is 0 Å². The molecule has 2 aliphatic heterocycles. The summed E-state index contributed by atoms with van der Waals surface area (Å²) in [5.41, 5.74) is 1.24. The lowest BCUT2D eigenvalue weighted by Gasteiger charge is -2.34. The van der Waals surface area contributed by atoms with Crippen LogP contribution in [0.2, 0.25) is 0 Å². The van der Waals surface area contributed by atoms with Gasteiger partial charge in [-0.1, -0.05) is 12.1 Å². The Morgan fingerprint density at radius 1 is 1.08 bits per heavy atom. The zero-order chi connectivity index (χ0) is 27.4. The highest BCUT2D eigenvalue weighted by molar-refractivity contribution is 5.99. The van der Waals surface area contributed by atoms with E-state index in [-0.39, 0.29) is 30.3 Å². The number of fused-ring (bicyclic) bond motifs is 3. The Hall–Kier alpha value is -4.09. The number of amides is 1. The van der Waals surface area contributed by atoms with E-state index in [9.17, 15) is 14.3 Å². The van der Waals surface area contributed by atoms with Gasteiger partial charge in [0.15, 0.2) is 0 Å². The Labute approximate surface area is 227 Å². The van der Waals surface area contributed by atoms with Gasteiger partial charge in [0.1, 0.15) is 28.6 Å². The van der Waals surface area contributed by atoms with Gasteiger partial charge in [-0.2, -0.15) is 4.98 Å². The highest BCUT2D eigenvalue weighted by Crippen LogP contribution is 2.28. The number of rotatable bonds is 3. The number of allylic oxidation sites excluding steroid dienone is 1. The highest BCUT2D eigenvalue weighted by Gasteiger charge is 2.25. The molecule has 4 N–H and O–H groups in total. The second kappa shape index (κ2) is 11.3. The van der Waals surface area contributed by atoms with Gasteiger partial charge in [-0.25, -0.2) is 14.4 Å². The fourth-order valence-corrected chi connectivity index (χ4v) is 4.55. The summed E-state index contributed by atoms with van der Waals surface area (Å²) in [5, 5.41) is 19.8. The average molecular weight is 533 g/mol. The summed E-state index contributed by atoms with van der Waals surface area (Å²) < 4.78 is 14.3. The SMILES string of the molecule is CN1CCN(c2ccc(Nc3ncc4c(n3)Nc3cccc(n3)[C@](C)(O)CC/C=C(/F)CNC4=O)cc2)CC1. The topological polar surface area (TPSA) is 119 Å². The van der Waals surface area contributed by atoms with E-state index >= 15 is 0 Å². The first kappa shape index (κ1) is 26.5. The lowest BCUT2D eigenvalue weighted by Crippen LogP contribution is -2.44. The number of hydrogen-bond acceptors (Lipinski definition) is 9. The van der Waals surface area contributed by atoms with Crippen LogP contribution in [0.3, 0.4) is 0 Å². The summed E-state index contributed by atoms with van der Waals surface area (Å²) in [7, 11) is 2.13. The van der Waals surface area contributed by atoms with Gasteiger partial charge in [0.2, 0.25) is 5.95 Å². The number of anilines is 5. The number of piperazine rings is 1. The molecule has 0 unspecified atom stereocenters. The molecule has 11 heteroatoms. The molecule has 204 valence electrons. The lowest BCUT2D eigenvalue weighted by atomic mass is 9.95. The minimum Gasteiger partial charge on any atom is -0.384 e. The molecule has 5 rings (SSSR count). The number of hydrogen-bond donors (Lipinski definition) is 4. The molecule has 1 saturated heterocycles. The normalized spacial score (nSPS) is 22.0. The van der Waals surface area contributed by atoms with E-state index in [4.69, 9.17) is 0 Å². The number of pyridine rings is 1. The molecule has 0 aliphatic carbocycles. The molecular weight excluding hydrogens is 499 g/mol. The van der Waals surface area contributed by atoms with Gasteiger partial charge < -0.3 is 30.9 Å². The summed E-state index contributed by atoms with van der Waals surface area (Å²) in [5.74, 6) is -0.140. The van der Waals surface area contributed by atoms with Gasteiger partial charge in [-0.05, 0) is 63.2 Å². The van der Waals surface area contributed by atoms with E-state index in [2.05, 4.69) is 59.9 Å². The van der Waals surface area contributed by atoms with Crippen LogP contribution >= 0.6 is 0 Å². The predicted molar refractivity (Wildman–Crippen MR) is 149 cm³/mol. The van der Waals surface area contributed by atoms with E-state index in [1.807, 2.05) is 12.1 Å². The highest BCUT2D eigenvalue weighted by atomic mass is 19.1. The van der Waals surface area contributed by atoms with E-state index < -0.39 is 17.3 Å². The van der Waals surface area contributed by atoms with Gasteiger partial charge in [-0.3, -0.25) is 4.79 Å². The second-order valence-corrected chi connectivity index (χ2v) is 10.1. The maximum Gasteiger partial charge on any atom is 0.256 e. The van der Waals surface area contributed by atoms with E-state index in [1.165, 1.54) is 12.3 Å². The largest absolute Gasteiger partial charge is 0.384 e. The Bertz CT molecular complexity index is 1350. The van der Waals surface area contributed by atoms with Crippen LogP contribution in [0.4, 0.5) is 33.3 Å². The second-order valence-electron chi connectivity index (χ2n) is 10.1. The van der Waals surface area contributed by atoms with E-state index in [0.29, 0.717) is 17.9 Å². The van der Waals surface area contributed by atoms with Crippen LogP contribution in [0.25, 0.3) is 0 Å². The summed E-state index contributed by atoms with van der Waals surface area (Å²) >= 11 is 0. The van der Waals surface area contributed by atoms with Gasteiger partial charge in [0.05, 0.1) is 12.2 Å². The third-order valence-corrected chi connectivity index (χ3v) is 6.99. The van der Waals surface area contributed by atoms with Crippen molar-refractivity contribution in [2.24, 2.45) is 0 Å². The lowest BCUT2D eigenvalue weighted by molar-refractivity contribution is 0.0443. The van der Waals surface area contributed by atoms with Crippen molar-refractivity contribution >= 4 is 34.9 Å². The number of nitrogens with one attached hydrogen (secondary N) is 3. The molecule has 0 spiro atoms. The number of benzene rings is 1. The molecule has 1 atom stereocenters. The van der Waals surface area contributed by atoms with Crippen molar-refractivity contribution in [3.63, 3.8) is 0 Å². The first-order valence-electron chi connectivity index (χ1n) is 13.0. The van der Waals surface area contributed by atoms with Crippen molar-refractivity contribution in [2.75, 3.05) is 55.3 Å². The zero-order valence-electron chi connectivity index (χ0n) is 22.1. The van der Waals surface area contributed by atoms with Crippen molar-refractivity contribution < 1.29 is 14.3 Å². The summed E-state index contributed by atoms with van der Waals surface area (Å²) in [6.07, 6.45) is 3.31. The molecular formula is C28H33FN8O2. The third-order valence-electron chi connectivity index (χ3n) is 6.99. The summed E-state index contributed by atoms with van der Waals surface area (Å²) in [6.45, 7) is 5.39. The maximum absolute atomic E-state index is 14.3. The number of halogens is 1. The Morgan fingerprint density at radius 3 is 2.62 bits per heavy atom. The van der Waals surface area contributed by atoms with Gasteiger partial charge in [0, 0.05) is 43.8 Å². The summed E-state index contributed by atoms with van der Waals surface area (Å²) in [6, 6.07) is 13.2. The van der Waals surface area contributed by atoms with Crippen LogP contribution in [0.1, 0.15) is 35.8 Å². The molecule has 4 heterocycles. The van der Waals surface area contributed by atoms with Crippen molar-refractivity contribution in [1.29, 1.82) is 0 Å².